The summed E-state index contributed by atoms with van der Waals surface area (Å²) < 4.78 is 6.00. The lowest BCUT2D eigenvalue weighted by atomic mass is 10.1. The molecule has 0 unspecified atom stereocenters. The molecular weight excluding hydrogens is 426 g/mol. The third-order valence-corrected chi connectivity index (χ3v) is 5.66. The van der Waals surface area contributed by atoms with E-state index in [2.05, 4.69) is 6.07 Å². The predicted molar refractivity (Wildman–Crippen MR) is 118 cm³/mol. The number of nitriles is 1. The van der Waals surface area contributed by atoms with Crippen LogP contribution in [0, 0.1) is 11.3 Å². The Morgan fingerprint density at radius 2 is 1.72 bits per heavy atom. The van der Waals surface area contributed by atoms with Crippen molar-refractivity contribution in [1.82, 2.24) is 4.90 Å². The zero-order valence-electron chi connectivity index (χ0n) is 16.8. The normalized spacial score (nSPS) is 15.1. The molecule has 0 bridgehead atoms. The molecule has 3 aromatic rings. The number of imide groups is 1. The van der Waals surface area contributed by atoms with Gasteiger partial charge in [0.25, 0.3) is 11.8 Å². The van der Waals surface area contributed by atoms with Gasteiger partial charge in [-0.3, -0.25) is 14.5 Å². The minimum Gasteiger partial charge on any atom is -0.449 e. The summed E-state index contributed by atoms with van der Waals surface area (Å²) in [4.78, 5) is 29.7. The van der Waals surface area contributed by atoms with Crippen molar-refractivity contribution in [2.24, 2.45) is 0 Å². The quantitative estimate of drug-likeness (QED) is 0.563. The highest BCUT2D eigenvalue weighted by atomic mass is 35.5. The van der Waals surface area contributed by atoms with Crippen molar-refractivity contribution in [2.45, 2.75) is 13.1 Å². The van der Waals surface area contributed by atoms with Crippen LogP contribution in [0.1, 0.15) is 16.7 Å². The Morgan fingerprint density at radius 1 is 0.969 bits per heavy atom. The average Bonchev–Trinajstić information content (AvgIpc) is 2.95. The molecule has 156 valence electrons. The maximum atomic E-state index is 13.5. The van der Waals surface area contributed by atoms with Gasteiger partial charge in [-0.2, -0.15) is 5.26 Å². The van der Waals surface area contributed by atoms with E-state index in [-0.39, 0.29) is 24.5 Å². The molecule has 0 aromatic heterocycles. The summed E-state index contributed by atoms with van der Waals surface area (Å²) in [5.41, 5.74) is 2.91. The second kappa shape index (κ2) is 7.88. The van der Waals surface area contributed by atoms with Crippen molar-refractivity contribution >= 4 is 29.1 Å². The van der Waals surface area contributed by atoms with Crippen molar-refractivity contribution in [1.29, 1.82) is 5.26 Å². The van der Waals surface area contributed by atoms with Crippen LogP contribution in [0.2, 0.25) is 5.02 Å². The van der Waals surface area contributed by atoms with Crippen LogP contribution in [0.4, 0.5) is 5.69 Å². The van der Waals surface area contributed by atoms with E-state index in [0.717, 1.165) is 11.1 Å². The number of halogens is 1. The summed E-state index contributed by atoms with van der Waals surface area (Å²) in [6, 6.07) is 23.4. The second-order valence-corrected chi connectivity index (χ2v) is 7.90. The van der Waals surface area contributed by atoms with Crippen molar-refractivity contribution in [3.8, 4) is 11.8 Å². The number of carbonyl (C=O) groups excluding carboxylic acids is 2. The van der Waals surface area contributed by atoms with Crippen LogP contribution in [-0.2, 0) is 22.7 Å². The van der Waals surface area contributed by atoms with Crippen LogP contribution in [0.25, 0.3) is 0 Å². The Labute approximate surface area is 189 Å². The van der Waals surface area contributed by atoms with Crippen molar-refractivity contribution < 1.29 is 14.3 Å². The van der Waals surface area contributed by atoms with E-state index in [1.165, 1.54) is 4.90 Å². The Bertz CT molecular complexity index is 1310. The Kier molecular flexibility index (Phi) is 4.89. The van der Waals surface area contributed by atoms with Crippen LogP contribution >= 0.6 is 11.6 Å². The molecule has 0 saturated carbocycles. The lowest BCUT2D eigenvalue weighted by Crippen LogP contribution is -2.35. The molecule has 5 rings (SSSR count). The van der Waals surface area contributed by atoms with Gasteiger partial charge in [-0.25, -0.2) is 0 Å². The van der Waals surface area contributed by atoms with Gasteiger partial charge in [0.1, 0.15) is 5.75 Å². The standard InChI is InChI=1S/C25H16ClN3O3/c26-19-8-11-21-18(12-19)15-28(20-9-6-16(13-27)7-10-20)22-23(32-21)25(31)29(24(22)30)14-17-4-2-1-3-5-17/h1-12H,14-15H2. The third kappa shape index (κ3) is 3.39. The topological polar surface area (TPSA) is 73.6 Å². The minimum atomic E-state index is -0.490. The molecule has 2 heterocycles. The van der Waals surface area contributed by atoms with E-state index in [1.54, 1.807) is 47.4 Å². The lowest BCUT2D eigenvalue weighted by Gasteiger charge is -2.25. The molecule has 0 atom stereocenters. The predicted octanol–water partition coefficient (Wildman–Crippen LogP) is 4.39. The van der Waals surface area contributed by atoms with Gasteiger partial charge in [0.05, 0.1) is 24.7 Å². The summed E-state index contributed by atoms with van der Waals surface area (Å²) in [5, 5.41) is 9.66. The van der Waals surface area contributed by atoms with Gasteiger partial charge in [0.15, 0.2) is 5.70 Å². The number of hydrogen-bond acceptors (Lipinski definition) is 5. The van der Waals surface area contributed by atoms with E-state index < -0.39 is 11.8 Å². The second-order valence-electron chi connectivity index (χ2n) is 7.46. The molecule has 32 heavy (non-hydrogen) atoms. The molecular formula is C25H16ClN3O3. The summed E-state index contributed by atoms with van der Waals surface area (Å²) >= 11 is 6.19. The molecule has 6 nitrogen and oxygen atoms in total. The molecule has 0 fully saturated rings. The van der Waals surface area contributed by atoms with Gasteiger partial charge in [0, 0.05) is 16.3 Å². The van der Waals surface area contributed by atoms with Crippen LogP contribution in [0.5, 0.6) is 5.75 Å². The molecule has 0 saturated heterocycles. The largest absolute Gasteiger partial charge is 0.449 e. The summed E-state index contributed by atoms with van der Waals surface area (Å²) in [7, 11) is 0. The first-order chi connectivity index (χ1) is 15.5. The number of anilines is 1. The summed E-state index contributed by atoms with van der Waals surface area (Å²) in [6.45, 7) is 0.419. The lowest BCUT2D eigenvalue weighted by molar-refractivity contribution is -0.139. The number of fused-ring (bicyclic) bond motifs is 1. The fourth-order valence-electron chi connectivity index (χ4n) is 3.85. The number of benzene rings is 3. The van der Waals surface area contributed by atoms with Gasteiger partial charge in [0.2, 0.25) is 5.76 Å². The number of amides is 2. The van der Waals surface area contributed by atoms with E-state index >= 15 is 0 Å². The Balaban J connectivity index is 1.60. The van der Waals surface area contributed by atoms with Gasteiger partial charge in [-0.15, -0.1) is 0 Å². The summed E-state index contributed by atoms with van der Waals surface area (Å²) in [5.74, 6) is -0.468. The highest BCUT2D eigenvalue weighted by Gasteiger charge is 2.45. The fraction of sp³-hybridized carbons (Fsp3) is 0.0800. The fourth-order valence-corrected chi connectivity index (χ4v) is 4.04. The van der Waals surface area contributed by atoms with Crippen molar-refractivity contribution in [3.05, 3.63) is 106 Å². The van der Waals surface area contributed by atoms with Crippen LogP contribution < -0.4 is 9.64 Å². The molecule has 7 heteroatoms. The Hall–Kier alpha value is -4.08. The number of ether oxygens (including phenoxy) is 1. The van der Waals surface area contributed by atoms with Gasteiger partial charge in [-0.1, -0.05) is 41.9 Å². The highest BCUT2D eigenvalue weighted by Crippen LogP contribution is 2.38. The van der Waals surface area contributed by atoms with E-state index in [0.29, 0.717) is 22.0 Å². The number of nitrogens with zero attached hydrogens (tertiary/aromatic N) is 3. The first kappa shape index (κ1) is 19.9. The molecule has 2 aliphatic heterocycles. The molecule has 3 aromatic carbocycles. The van der Waals surface area contributed by atoms with Crippen LogP contribution in [0.3, 0.4) is 0 Å². The Morgan fingerprint density at radius 3 is 2.44 bits per heavy atom. The van der Waals surface area contributed by atoms with Gasteiger partial charge < -0.3 is 9.64 Å². The van der Waals surface area contributed by atoms with E-state index in [4.69, 9.17) is 21.6 Å². The number of carbonyl (C=O) groups is 2. The molecule has 0 spiro atoms. The molecule has 2 aliphatic rings. The number of rotatable bonds is 3. The molecule has 2 amide bonds. The van der Waals surface area contributed by atoms with Gasteiger partial charge >= 0.3 is 0 Å². The van der Waals surface area contributed by atoms with Gasteiger partial charge in [-0.05, 0) is 48.0 Å². The first-order valence-corrected chi connectivity index (χ1v) is 10.3. The number of hydrogen-bond donors (Lipinski definition) is 0. The van der Waals surface area contributed by atoms with E-state index in [1.807, 2.05) is 30.3 Å². The molecule has 0 N–H and O–H groups in total. The van der Waals surface area contributed by atoms with Crippen molar-refractivity contribution in [2.75, 3.05) is 4.90 Å². The smallest absolute Gasteiger partial charge is 0.299 e. The zero-order chi connectivity index (χ0) is 22.2. The maximum Gasteiger partial charge on any atom is 0.299 e. The van der Waals surface area contributed by atoms with Crippen LogP contribution in [0.15, 0.2) is 84.3 Å². The average molecular weight is 442 g/mol. The summed E-state index contributed by atoms with van der Waals surface area (Å²) in [6.07, 6.45) is 0. The monoisotopic (exact) mass is 441 g/mol. The van der Waals surface area contributed by atoms with Crippen molar-refractivity contribution in [3.63, 3.8) is 0 Å². The zero-order valence-corrected chi connectivity index (χ0v) is 17.5. The first-order valence-electron chi connectivity index (χ1n) is 9.93. The molecule has 0 aliphatic carbocycles. The maximum absolute atomic E-state index is 13.5. The minimum absolute atomic E-state index is 0.0173. The highest BCUT2D eigenvalue weighted by molar-refractivity contribution is 6.30. The SMILES string of the molecule is N#Cc1ccc(N2Cc3cc(Cl)ccc3OC3=C2C(=O)N(Cc2ccccc2)C3=O)cc1. The third-order valence-electron chi connectivity index (χ3n) is 5.43. The van der Waals surface area contributed by atoms with E-state index in [9.17, 15) is 9.59 Å². The molecule has 0 radical (unpaired) electrons. The van der Waals surface area contributed by atoms with Crippen LogP contribution in [-0.4, -0.2) is 16.7 Å².